The molecule has 1 saturated heterocycles. The number of aliphatic hydroxyl groups excluding tert-OH is 1. The highest BCUT2D eigenvalue weighted by atomic mass is 32.2. The summed E-state index contributed by atoms with van der Waals surface area (Å²) in [6, 6.07) is -0.0881. The van der Waals surface area contributed by atoms with Gasteiger partial charge in [0.1, 0.15) is 11.5 Å². The number of likely N-dealkylation sites (tertiary alicyclic amines) is 1. The number of hydrogen-bond donors (Lipinski definition) is 2. The highest BCUT2D eigenvalue weighted by molar-refractivity contribution is 7.88. The number of hydrogen-bond acceptors (Lipinski definition) is 6. The standard InChI is InChI=1S/C13H21N3O4S/c1-21(18,19)15-9-2-3-13-11(6-9)12(14-20-13)8-16-5-4-10(17)7-16/h9-10,15,17H,2-8H2,1H3/t9?,10-/m1/s1. The van der Waals surface area contributed by atoms with Gasteiger partial charge in [-0.25, -0.2) is 13.1 Å². The molecule has 1 fully saturated rings. The van der Waals surface area contributed by atoms with Crippen LogP contribution in [0, 0.1) is 0 Å². The molecule has 2 heterocycles. The number of β-amino-alcohol motifs (C(OH)–C–C–N with tert-alkyl or cyclic N) is 1. The fraction of sp³-hybridized carbons (Fsp3) is 0.769. The summed E-state index contributed by atoms with van der Waals surface area (Å²) in [7, 11) is -3.20. The van der Waals surface area contributed by atoms with E-state index >= 15 is 0 Å². The molecule has 0 bridgehead atoms. The Kier molecular flexibility index (Phi) is 4.04. The number of nitrogens with zero attached hydrogens (tertiary/aromatic N) is 2. The van der Waals surface area contributed by atoms with Gasteiger partial charge in [-0.2, -0.15) is 0 Å². The van der Waals surface area contributed by atoms with Crippen molar-refractivity contribution in [1.82, 2.24) is 14.8 Å². The van der Waals surface area contributed by atoms with Crippen molar-refractivity contribution in [2.24, 2.45) is 0 Å². The largest absolute Gasteiger partial charge is 0.392 e. The number of rotatable bonds is 4. The van der Waals surface area contributed by atoms with E-state index in [1.165, 1.54) is 6.26 Å². The van der Waals surface area contributed by atoms with Crippen molar-refractivity contribution < 1.29 is 18.0 Å². The van der Waals surface area contributed by atoms with Crippen molar-refractivity contribution in [2.45, 2.75) is 44.4 Å². The SMILES string of the molecule is CS(=O)(=O)NC1CCc2onc(CN3CC[C@@H](O)C3)c2C1. The van der Waals surface area contributed by atoms with Crippen LogP contribution in [0.2, 0.25) is 0 Å². The van der Waals surface area contributed by atoms with E-state index < -0.39 is 10.0 Å². The lowest BCUT2D eigenvalue weighted by atomic mass is 9.92. The Morgan fingerprint density at radius 1 is 1.48 bits per heavy atom. The van der Waals surface area contributed by atoms with Crippen LogP contribution < -0.4 is 4.72 Å². The lowest BCUT2D eigenvalue weighted by Gasteiger charge is -2.22. The molecule has 0 saturated carbocycles. The molecule has 0 amide bonds. The van der Waals surface area contributed by atoms with Gasteiger partial charge in [-0.15, -0.1) is 0 Å². The van der Waals surface area contributed by atoms with Crippen molar-refractivity contribution in [3.63, 3.8) is 0 Å². The Bertz CT molecular complexity index is 613. The maximum atomic E-state index is 11.4. The second-order valence-electron chi connectivity index (χ2n) is 6.04. The van der Waals surface area contributed by atoms with Crippen molar-refractivity contribution in [3.05, 3.63) is 17.0 Å². The van der Waals surface area contributed by atoms with Gasteiger partial charge >= 0.3 is 0 Å². The van der Waals surface area contributed by atoms with Gasteiger partial charge in [-0.05, 0) is 19.3 Å². The molecule has 2 N–H and O–H groups in total. The molecule has 1 aromatic rings. The Morgan fingerprint density at radius 3 is 2.95 bits per heavy atom. The Hall–Kier alpha value is -0.960. The highest BCUT2D eigenvalue weighted by Crippen LogP contribution is 2.26. The molecule has 1 unspecified atom stereocenters. The zero-order valence-corrected chi connectivity index (χ0v) is 12.9. The molecule has 0 spiro atoms. The normalized spacial score (nSPS) is 27.0. The van der Waals surface area contributed by atoms with Crippen LogP contribution in [-0.2, 0) is 29.4 Å². The van der Waals surface area contributed by atoms with E-state index in [9.17, 15) is 13.5 Å². The van der Waals surface area contributed by atoms with Crippen molar-refractivity contribution in [3.8, 4) is 0 Å². The molecule has 2 aliphatic rings. The van der Waals surface area contributed by atoms with E-state index in [-0.39, 0.29) is 12.1 Å². The third-order valence-electron chi connectivity index (χ3n) is 4.12. The van der Waals surface area contributed by atoms with Crippen LogP contribution in [-0.4, -0.2) is 55.1 Å². The van der Waals surface area contributed by atoms with E-state index in [1.54, 1.807) is 0 Å². The van der Waals surface area contributed by atoms with Crippen LogP contribution in [0.1, 0.15) is 29.9 Å². The second-order valence-corrected chi connectivity index (χ2v) is 7.82. The Morgan fingerprint density at radius 2 is 2.29 bits per heavy atom. The van der Waals surface area contributed by atoms with Crippen molar-refractivity contribution >= 4 is 10.0 Å². The van der Waals surface area contributed by atoms with Gasteiger partial charge in [0.15, 0.2) is 0 Å². The molecule has 7 nitrogen and oxygen atoms in total. The number of aromatic nitrogens is 1. The summed E-state index contributed by atoms with van der Waals surface area (Å²) < 4.78 is 30.8. The van der Waals surface area contributed by atoms with Crippen LogP contribution in [0.3, 0.4) is 0 Å². The van der Waals surface area contributed by atoms with E-state index in [2.05, 4.69) is 14.8 Å². The molecule has 1 aliphatic carbocycles. The number of aliphatic hydroxyl groups is 1. The molecular formula is C13H21N3O4S. The van der Waals surface area contributed by atoms with Gasteiger partial charge in [0.2, 0.25) is 10.0 Å². The molecule has 0 radical (unpaired) electrons. The molecule has 1 aromatic heterocycles. The third-order valence-corrected chi connectivity index (χ3v) is 4.88. The smallest absolute Gasteiger partial charge is 0.208 e. The summed E-state index contributed by atoms with van der Waals surface area (Å²) in [4.78, 5) is 2.15. The maximum Gasteiger partial charge on any atom is 0.208 e. The summed E-state index contributed by atoms with van der Waals surface area (Å²) in [6.07, 6.45) is 3.78. The first-order valence-corrected chi connectivity index (χ1v) is 9.14. The van der Waals surface area contributed by atoms with Gasteiger partial charge in [0.05, 0.1) is 12.4 Å². The minimum absolute atomic E-state index is 0.0881. The van der Waals surface area contributed by atoms with E-state index in [4.69, 9.17) is 4.52 Å². The van der Waals surface area contributed by atoms with E-state index in [0.29, 0.717) is 25.9 Å². The van der Waals surface area contributed by atoms with Crippen molar-refractivity contribution in [1.29, 1.82) is 0 Å². The minimum atomic E-state index is -3.20. The number of aryl methyl sites for hydroxylation is 1. The predicted octanol–water partition coefficient (Wildman–Crippen LogP) is -0.352. The lowest BCUT2D eigenvalue weighted by Crippen LogP contribution is -2.38. The van der Waals surface area contributed by atoms with Crippen LogP contribution in [0.4, 0.5) is 0 Å². The quantitative estimate of drug-likeness (QED) is 0.788. The Balaban J connectivity index is 1.70. The van der Waals surface area contributed by atoms with Gasteiger partial charge in [-0.3, -0.25) is 4.90 Å². The Labute approximate surface area is 124 Å². The highest BCUT2D eigenvalue weighted by Gasteiger charge is 2.29. The molecule has 0 aromatic carbocycles. The number of sulfonamides is 1. The summed E-state index contributed by atoms with van der Waals surface area (Å²) >= 11 is 0. The number of nitrogens with one attached hydrogen (secondary N) is 1. The van der Waals surface area contributed by atoms with Crippen LogP contribution in [0.15, 0.2) is 4.52 Å². The number of fused-ring (bicyclic) bond motifs is 1. The molecule has 118 valence electrons. The first-order valence-electron chi connectivity index (χ1n) is 7.25. The molecule has 2 atom stereocenters. The van der Waals surface area contributed by atoms with Gasteiger partial charge in [0, 0.05) is 37.7 Å². The first-order chi connectivity index (χ1) is 9.90. The molecule has 21 heavy (non-hydrogen) atoms. The van der Waals surface area contributed by atoms with Crippen LogP contribution >= 0.6 is 0 Å². The average Bonchev–Trinajstić information content (AvgIpc) is 2.95. The zero-order valence-electron chi connectivity index (χ0n) is 12.1. The van der Waals surface area contributed by atoms with Gasteiger partial charge in [0.25, 0.3) is 0 Å². The molecule has 1 aliphatic heterocycles. The third kappa shape index (κ3) is 3.63. The summed E-state index contributed by atoms with van der Waals surface area (Å²) in [5.41, 5.74) is 1.91. The summed E-state index contributed by atoms with van der Waals surface area (Å²) in [6.45, 7) is 2.17. The maximum absolute atomic E-state index is 11.4. The van der Waals surface area contributed by atoms with Gasteiger partial charge < -0.3 is 9.63 Å². The van der Waals surface area contributed by atoms with Gasteiger partial charge in [-0.1, -0.05) is 5.16 Å². The lowest BCUT2D eigenvalue weighted by molar-refractivity contribution is 0.173. The molecule has 3 rings (SSSR count). The van der Waals surface area contributed by atoms with E-state index in [1.807, 2.05) is 0 Å². The minimum Gasteiger partial charge on any atom is -0.392 e. The van der Waals surface area contributed by atoms with Crippen molar-refractivity contribution in [2.75, 3.05) is 19.3 Å². The van der Waals surface area contributed by atoms with Crippen LogP contribution in [0.25, 0.3) is 0 Å². The zero-order chi connectivity index (χ0) is 15.0. The van der Waals surface area contributed by atoms with Crippen LogP contribution in [0.5, 0.6) is 0 Å². The fourth-order valence-electron chi connectivity index (χ4n) is 3.16. The van der Waals surface area contributed by atoms with E-state index in [0.717, 1.165) is 36.4 Å². The molecule has 8 heteroatoms. The summed E-state index contributed by atoms with van der Waals surface area (Å²) in [5.74, 6) is 0.872. The first kappa shape index (κ1) is 15.0. The second kappa shape index (κ2) is 5.68. The summed E-state index contributed by atoms with van der Waals surface area (Å²) in [5, 5.41) is 13.7. The topological polar surface area (TPSA) is 95.7 Å². The monoisotopic (exact) mass is 315 g/mol. The molecular weight excluding hydrogens is 294 g/mol. The predicted molar refractivity (Wildman–Crippen MR) is 76.2 cm³/mol. The average molecular weight is 315 g/mol. The fourth-order valence-corrected chi connectivity index (χ4v) is 3.97.